The molecule has 4 heteroatoms. The highest BCUT2D eigenvalue weighted by Gasteiger charge is 2.51. The molecule has 4 bridgehead atoms. The first-order valence-electron chi connectivity index (χ1n) is 9.76. The molecule has 25 heavy (non-hydrogen) atoms. The molecule has 4 saturated carbocycles. The number of hydrogen-bond acceptors (Lipinski definition) is 2. The minimum atomic E-state index is -0.223. The predicted molar refractivity (Wildman–Crippen MR) is 102 cm³/mol. The highest BCUT2D eigenvalue weighted by atomic mass is 35.5. The molecule has 5 rings (SSSR count). The van der Waals surface area contributed by atoms with E-state index in [9.17, 15) is 4.79 Å². The largest absolute Gasteiger partial charge is 0.349 e. The molecule has 2 atom stereocenters. The maximum absolute atomic E-state index is 12.9. The Kier molecular flexibility index (Phi) is 4.57. The third kappa shape index (κ3) is 3.46. The van der Waals surface area contributed by atoms with Gasteiger partial charge in [0.1, 0.15) is 0 Å². The van der Waals surface area contributed by atoms with Crippen molar-refractivity contribution in [3.63, 3.8) is 0 Å². The van der Waals surface area contributed by atoms with Gasteiger partial charge < -0.3 is 5.32 Å². The molecule has 136 valence electrons. The Morgan fingerprint density at radius 3 is 2.20 bits per heavy atom. The van der Waals surface area contributed by atoms with E-state index in [1.165, 1.54) is 38.5 Å². The van der Waals surface area contributed by atoms with Crippen LogP contribution < -0.4 is 10.6 Å². The van der Waals surface area contributed by atoms with E-state index in [1.807, 2.05) is 31.2 Å². The molecule has 0 saturated heterocycles. The first-order chi connectivity index (χ1) is 11.9. The maximum atomic E-state index is 12.9. The summed E-state index contributed by atoms with van der Waals surface area (Å²) in [6, 6.07) is 7.66. The average molecular weight is 361 g/mol. The van der Waals surface area contributed by atoms with Crippen LogP contribution in [0.3, 0.4) is 0 Å². The lowest BCUT2D eigenvalue weighted by atomic mass is 9.53. The summed E-state index contributed by atoms with van der Waals surface area (Å²) in [6.45, 7) is 4.03. The number of rotatable bonds is 5. The van der Waals surface area contributed by atoms with Gasteiger partial charge in [-0.1, -0.05) is 29.8 Å². The van der Waals surface area contributed by atoms with Crippen LogP contribution in [0.4, 0.5) is 0 Å². The number of halogens is 1. The molecule has 4 aliphatic rings. The fourth-order valence-corrected chi connectivity index (χ4v) is 6.30. The highest BCUT2D eigenvalue weighted by molar-refractivity contribution is 6.31. The van der Waals surface area contributed by atoms with Crippen LogP contribution in [-0.2, 0) is 4.79 Å². The Hall–Kier alpha value is -1.06. The molecule has 0 spiro atoms. The van der Waals surface area contributed by atoms with Gasteiger partial charge in [-0.15, -0.1) is 0 Å². The van der Waals surface area contributed by atoms with Gasteiger partial charge in [0, 0.05) is 16.6 Å². The van der Waals surface area contributed by atoms with E-state index in [4.69, 9.17) is 11.6 Å². The normalized spacial score (nSPS) is 35.4. The number of amides is 1. The quantitative estimate of drug-likeness (QED) is 0.813. The van der Waals surface area contributed by atoms with Gasteiger partial charge >= 0.3 is 0 Å². The summed E-state index contributed by atoms with van der Waals surface area (Å²) >= 11 is 6.29. The summed E-state index contributed by atoms with van der Waals surface area (Å²) in [4.78, 5) is 12.9. The van der Waals surface area contributed by atoms with Gasteiger partial charge in [-0.3, -0.25) is 10.1 Å². The van der Waals surface area contributed by atoms with Crippen molar-refractivity contribution in [2.24, 2.45) is 17.8 Å². The third-order valence-electron chi connectivity index (χ3n) is 6.69. The zero-order valence-electron chi connectivity index (χ0n) is 15.2. The minimum absolute atomic E-state index is 0.0470. The van der Waals surface area contributed by atoms with Gasteiger partial charge in [-0.05, 0) is 81.8 Å². The Morgan fingerprint density at radius 2 is 1.64 bits per heavy atom. The van der Waals surface area contributed by atoms with Crippen molar-refractivity contribution in [3.05, 3.63) is 34.9 Å². The van der Waals surface area contributed by atoms with Crippen molar-refractivity contribution in [1.82, 2.24) is 10.6 Å². The van der Waals surface area contributed by atoms with Gasteiger partial charge in [0.25, 0.3) is 0 Å². The molecular weight excluding hydrogens is 332 g/mol. The Bertz CT molecular complexity index is 624. The van der Waals surface area contributed by atoms with E-state index >= 15 is 0 Å². The molecule has 0 unspecified atom stereocenters. The molecule has 0 heterocycles. The summed E-state index contributed by atoms with van der Waals surface area (Å²) in [5.41, 5.74) is 1.12. The van der Waals surface area contributed by atoms with Gasteiger partial charge in [0.15, 0.2) is 0 Å². The van der Waals surface area contributed by atoms with Crippen LogP contribution in [-0.4, -0.2) is 17.5 Å². The lowest BCUT2D eigenvalue weighted by Gasteiger charge is -2.57. The van der Waals surface area contributed by atoms with Crippen LogP contribution >= 0.6 is 11.6 Å². The lowest BCUT2D eigenvalue weighted by molar-refractivity contribution is -0.128. The van der Waals surface area contributed by atoms with Crippen molar-refractivity contribution in [3.8, 4) is 0 Å². The standard InChI is InChI=1S/C21H29ClN2O/c1-13(18-5-3-4-6-19(18)22)23-14(2)20(25)24-21-10-15-7-16(11-21)9-17(8-15)12-21/h3-6,13-17,23H,7-12H2,1-2H3,(H,24,25)/t13-,14+,15?,16?,17?,21?/m1/s1. The van der Waals surface area contributed by atoms with Crippen molar-refractivity contribution in [2.75, 3.05) is 0 Å². The number of hydrogen-bond donors (Lipinski definition) is 2. The number of carbonyl (C=O) groups excluding carboxylic acids is 1. The predicted octanol–water partition coefficient (Wildman–Crippen LogP) is 4.46. The molecule has 0 radical (unpaired) electrons. The zero-order valence-corrected chi connectivity index (χ0v) is 16.0. The number of nitrogens with one attached hydrogen (secondary N) is 2. The molecule has 0 aliphatic heterocycles. The highest BCUT2D eigenvalue weighted by Crippen LogP contribution is 2.55. The third-order valence-corrected chi connectivity index (χ3v) is 7.04. The topological polar surface area (TPSA) is 41.1 Å². The van der Waals surface area contributed by atoms with Gasteiger partial charge in [-0.25, -0.2) is 0 Å². The molecular formula is C21H29ClN2O. The first-order valence-corrected chi connectivity index (χ1v) is 10.1. The molecule has 0 aromatic heterocycles. The molecule has 4 aliphatic carbocycles. The number of benzene rings is 1. The van der Waals surface area contributed by atoms with E-state index in [0.717, 1.165) is 28.3 Å². The Morgan fingerprint density at radius 1 is 1.08 bits per heavy atom. The van der Waals surface area contributed by atoms with E-state index < -0.39 is 0 Å². The maximum Gasteiger partial charge on any atom is 0.237 e. The van der Waals surface area contributed by atoms with Crippen LogP contribution in [0, 0.1) is 17.8 Å². The van der Waals surface area contributed by atoms with Crippen LogP contribution in [0.25, 0.3) is 0 Å². The van der Waals surface area contributed by atoms with E-state index in [2.05, 4.69) is 17.6 Å². The van der Waals surface area contributed by atoms with E-state index in [0.29, 0.717) is 0 Å². The first kappa shape index (κ1) is 17.4. The second-order valence-electron chi connectivity index (χ2n) is 8.82. The number of carbonyl (C=O) groups is 1. The molecule has 1 amide bonds. The van der Waals surface area contributed by atoms with E-state index in [-0.39, 0.29) is 23.5 Å². The second-order valence-corrected chi connectivity index (χ2v) is 9.23. The van der Waals surface area contributed by atoms with Crippen molar-refractivity contribution in [1.29, 1.82) is 0 Å². The van der Waals surface area contributed by atoms with Crippen molar-refractivity contribution in [2.45, 2.75) is 70.0 Å². The Balaban J connectivity index is 1.39. The molecule has 1 aromatic carbocycles. The van der Waals surface area contributed by atoms with Gasteiger partial charge in [0.05, 0.1) is 6.04 Å². The second kappa shape index (κ2) is 6.59. The van der Waals surface area contributed by atoms with Crippen LogP contribution in [0.15, 0.2) is 24.3 Å². The smallest absolute Gasteiger partial charge is 0.237 e. The zero-order chi connectivity index (χ0) is 17.6. The summed E-state index contributed by atoms with van der Waals surface area (Å²) < 4.78 is 0. The van der Waals surface area contributed by atoms with Gasteiger partial charge in [0.2, 0.25) is 5.91 Å². The van der Waals surface area contributed by atoms with Crippen LogP contribution in [0.5, 0.6) is 0 Å². The molecule has 2 N–H and O–H groups in total. The SMILES string of the molecule is C[C@H](N[C@H](C)c1ccccc1Cl)C(=O)NC12CC3CC(CC(C3)C1)C2. The van der Waals surface area contributed by atoms with E-state index in [1.54, 1.807) is 0 Å². The fraction of sp³-hybridized carbons (Fsp3) is 0.667. The average Bonchev–Trinajstić information content (AvgIpc) is 2.53. The van der Waals surface area contributed by atoms with Crippen molar-refractivity contribution >= 4 is 17.5 Å². The van der Waals surface area contributed by atoms with Gasteiger partial charge in [-0.2, -0.15) is 0 Å². The van der Waals surface area contributed by atoms with Crippen molar-refractivity contribution < 1.29 is 4.79 Å². The molecule has 4 fully saturated rings. The summed E-state index contributed by atoms with van der Waals surface area (Å²) in [6.07, 6.45) is 7.76. The summed E-state index contributed by atoms with van der Waals surface area (Å²) in [5.74, 6) is 2.67. The lowest BCUT2D eigenvalue weighted by Crippen LogP contribution is -2.62. The molecule has 1 aromatic rings. The minimum Gasteiger partial charge on any atom is -0.349 e. The van der Waals surface area contributed by atoms with Crippen LogP contribution in [0.1, 0.15) is 64.0 Å². The summed E-state index contributed by atoms with van der Waals surface area (Å²) in [5, 5.41) is 7.63. The Labute approximate surface area is 155 Å². The summed E-state index contributed by atoms with van der Waals surface area (Å²) in [7, 11) is 0. The molecule has 3 nitrogen and oxygen atoms in total. The van der Waals surface area contributed by atoms with Crippen LogP contribution in [0.2, 0.25) is 5.02 Å². The monoisotopic (exact) mass is 360 g/mol. The fourth-order valence-electron chi connectivity index (χ4n) is 6.00.